The smallest absolute Gasteiger partial charge is 0.321 e. The first-order valence-electron chi connectivity index (χ1n) is 9.08. The van der Waals surface area contributed by atoms with Gasteiger partial charge in [0.05, 0.1) is 5.69 Å². The molecule has 0 radical (unpaired) electrons. The van der Waals surface area contributed by atoms with Gasteiger partial charge < -0.3 is 5.32 Å². The second-order valence-electron chi connectivity index (χ2n) is 6.91. The molecule has 144 valence electrons. The summed E-state index contributed by atoms with van der Waals surface area (Å²) >= 11 is 0. The number of nitrogens with one attached hydrogen (secondary N) is 1. The Morgan fingerprint density at radius 1 is 0.893 bits per heavy atom. The fourth-order valence-electron chi connectivity index (χ4n) is 3.11. The Morgan fingerprint density at radius 2 is 1.54 bits per heavy atom. The van der Waals surface area contributed by atoms with Gasteiger partial charge in [0.2, 0.25) is 5.91 Å². The van der Waals surface area contributed by atoms with E-state index >= 15 is 0 Å². The predicted octanol–water partition coefficient (Wildman–Crippen LogP) is 2.24. The van der Waals surface area contributed by atoms with Crippen molar-refractivity contribution in [3.63, 3.8) is 0 Å². The molecule has 6 heteroatoms. The van der Waals surface area contributed by atoms with Crippen LogP contribution in [-0.2, 0) is 17.9 Å². The van der Waals surface area contributed by atoms with Crippen LogP contribution >= 0.6 is 0 Å². The van der Waals surface area contributed by atoms with E-state index in [-0.39, 0.29) is 12.5 Å². The number of para-hydroxylation sites is 1. The summed E-state index contributed by atoms with van der Waals surface area (Å²) in [5, 5.41) is 2.77. The van der Waals surface area contributed by atoms with Crippen LogP contribution in [0.2, 0.25) is 0 Å². The van der Waals surface area contributed by atoms with Gasteiger partial charge in [0.15, 0.2) is 0 Å². The summed E-state index contributed by atoms with van der Waals surface area (Å²) in [6.45, 7) is 5.94. The standard InChI is InChI=1S/C22H23N3O3/c1-15-7-9-18(10-8-15)13-23-19(26)14-24-11-12-25(22(28)21(24)27)20-16(2)5-4-6-17(20)3/h4-12H,13-14H2,1-3H3,(H,23,26). The van der Waals surface area contributed by atoms with Crippen molar-refractivity contribution < 1.29 is 4.79 Å². The second-order valence-corrected chi connectivity index (χ2v) is 6.91. The van der Waals surface area contributed by atoms with Gasteiger partial charge in [0.1, 0.15) is 6.54 Å². The third kappa shape index (κ3) is 4.11. The SMILES string of the molecule is Cc1ccc(CNC(=O)Cn2ccn(-c3c(C)cccc3C)c(=O)c2=O)cc1. The molecule has 0 aliphatic carbocycles. The number of rotatable bonds is 5. The van der Waals surface area contributed by atoms with Gasteiger partial charge in [-0.1, -0.05) is 48.0 Å². The normalized spacial score (nSPS) is 10.7. The lowest BCUT2D eigenvalue weighted by atomic mass is 10.1. The molecule has 0 saturated carbocycles. The molecule has 1 heterocycles. The molecule has 0 spiro atoms. The van der Waals surface area contributed by atoms with Crippen LogP contribution in [0.5, 0.6) is 0 Å². The highest BCUT2D eigenvalue weighted by Crippen LogP contribution is 2.16. The summed E-state index contributed by atoms with van der Waals surface area (Å²) in [6.07, 6.45) is 3.01. The molecule has 0 atom stereocenters. The fourth-order valence-corrected chi connectivity index (χ4v) is 3.11. The van der Waals surface area contributed by atoms with Crippen molar-refractivity contribution in [3.8, 4) is 5.69 Å². The maximum Gasteiger partial charge on any atom is 0.321 e. The molecule has 0 aliphatic heterocycles. The van der Waals surface area contributed by atoms with Gasteiger partial charge in [-0.3, -0.25) is 23.5 Å². The van der Waals surface area contributed by atoms with Gasteiger partial charge >= 0.3 is 11.1 Å². The van der Waals surface area contributed by atoms with Crippen molar-refractivity contribution in [2.24, 2.45) is 0 Å². The number of carbonyl (C=O) groups is 1. The first-order valence-corrected chi connectivity index (χ1v) is 9.08. The Labute approximate surface area is 163 Å². The quantitative estimate of drug-likeness (QED) is 0.693. The van der Waals surface area contributed by atoms with Crippen LogP contribution in [0.25, 0.3) is 5.69 Å². The molecule has 1 amide bonds. The van der Waals surface area contributed by atoms with Crippen LogP contribution in [-0.4, -0.2) is 15.0 Å². The van der Waals surface area contributed by atoms with Gasteiger partial charge in [-0.05, 0) is 37.5 Å². The third-order valence-corrected chi connectivity index (χ3v) is 4.66. The van der Waals surface area contributed by atoms with Crippen LogP contribution in [0, 0.1) is 20.8 Å². The van der Waals surface area contributed by atoms with Crippen molar-refractivity contribution in [3.05, 3.63) is 97.8 Å². The van der Waals surface area contributed by atoms with Crippen LogP contribution < -0.4 is 16.4 Å². The Hall–Kier alpha value is -3.41. The van der Waals surface area contributed by atoms with Crippen LogP contribution in [0.3, 0.4) is 0 Å². The fraction of sp³-hybridized carbons (Fsp3) is 0.227. The van der Waals surface area contributed by atoms with Crippen molar-refractivity contribution in [1.82, 2.24) is 14.5 Å². The molecule has 6 nitrogen and oxygen atoms in total. The van der Waals surface area contributed by atoms with E-state index in [0.29, 0.717) is 12.2 Å². The molecule has 0 saturated heterocycles. The lowest BCUT2D eigenvalue weighted by Crippen LogP contribution is -2.42. The van der Waals surface area contributed by atoms with Crippen molar-refractivity contribution in [2.75, 3.05) is 0 Å². The lowest BCUT2D eigenvalue weighted by molar-refractivity contribution is -0.121. The summed E-state index contributed by atoms with van der Waals surface area (Å²) < 4.78 is 2.48. The number of benzene rings is 2. The highest BCUT2D eigenvalue weighted by Gasteiger charge is 2.12. The number of hydrogen-bond donors (Lipinski definition) is 1. The van der Waals surface area contributed by atoms with E-state index < -0.39 is 11.1 Å². The molecule has 28 heavy (non-hydrogen) atoms. The Bertz CT molecular complexity index is 1100. The molecule has 0 aliphatic rings. The first-order chi connectivity index (χ1) is 13.4. The van der Waals surface area contributed by atoms with Crippen molar-refractivity contribution in [1.29, 1.82) is 0 Å². The number of amides is 1. The summed E-state index contributed by atoms with van der Waals surface area (Å²) in [6, 6.07) is 13.5. The minimum Gasteiger partial charge on any atom is -0.350 e. The van der Waals surface area contributed by atoms with E-state index in [1.807, 2.05) is 63.2 Å². The van der Waals surface area contributed by atoms with Crippen LogP contribution in [0.15, 0.2) is 64.4 Å². The molecule has 0 bridgehead atoms. The molecule has 3 aromatic rings. The Kier molecular flexibility index (Phi) is 5.59. The molecular formula is C22H23N3O3. The molecule has 1 aromatic heterocycles. The molecular weight excluding hydrogens is 354 g/mol. The number of aromatic nitrogens is 2. The lowest BCUT2D eigenvalue weighted by Gasteiger charge is -2.13. The number of nitrogens with zero attached hydrogens (tertiary/aromatic N) is 2. The number of hydrogen-bond acceptors (Lipinski definition) is 3. The maximum absolute atomic E-state index is 12.6. The highest BCUT2D eigenvalue weighted by molar-refractivity contribution is 5.75. The Morgan fingerprint density at radius 3 is 2.18 bits per heavy atom. The summed E-state index contributed by atoms with van der Waals surface area (Å²) in [5.74, 6) is -0.327. The maximum atomic E-state index is 12.6. The average molecular weight is 377 g/mol. The summed E-state index contributed by atoms with van der Waals surface area (Å²) in [4.78, 5) is 37.3. The molecule has 0 fully saturated rings. The van der Waals surface area contributed by atoms with E-state index in [9.17, 15) is 14.4 Å². The molecule has 0 unspecified atom stereocenters. The molecule has 3 rings (SSSR count). The zero-order valence-electron chi connectivity index (χ0n) is 16.2. The largest absolute Gasteiger partial charge is 0.350 e. The second kappa shape index (κ2) is 8.08. The van der Waals surface area contributed by atoms with Gasteiger partial charge in [0.25, 0.3) is 0 Å². The molecule has 2 aromatic carbocycles. The van der Waals surface area contributed by atoms with Gasteiger partial charge in [-0.2, -0.15) is 0 Å². The first kappa shape index (κ1) is 19.4. The van der Waals surface area contributed by atoms with Gasteiger partial charge in [-0.15, -0.1) is 0 Å². The predicted molar refractivity (Wildman–Crippen MR) is 109 cm³/mol. The average Bonchev–Trinajstić information content (AvgIpc) is 2.66. The Balaban J connectivity index is 1.78. The summed E-state index contributed by atoms with van der Waals surface area (Å²) in [7, 11) is 0. The zero-order valence-corrected chi connectivity index (χ0v) is 16.2. The van der Waals surface area contributed by atoms with Gasteiger partial charge in [0, 0.05) is 18.9 Å². The zero-order chi connectivity index (χ0) is 20.3. The van der Waals surface area contributed by atoms with Crippen molar-refractivity contribution >= 4 is 5.91 Å². The van der Waals surface area contributed by atoms with Crippen LogP contribution in [0.1, 0.15) is 22.3 Å². The van der Waals surface area contributed by atoms with E-state index in [1.54, 1.807) is 0 Å². The highest BCUT2D eigenvalue weighted by atomic mass is 16.2. The van der Waals surface area contributed by atoms with E-state index in [2.05, 4.69) is 5.32 Å². The van der Waals surface area contributed by atoms with E-state index in [4.69, 9.17) is 0 Å². The topological polar surface area (TPSA) is 73.1 Å². The minimum atomic E-state index is -0.726. The van der Waals surface area contributed by atoms with Crippen molar-refractivity contribution in [2.45, 2.75) is 33.9 Å². The number of carbonyl (C=O) groups excluding carboxylic acids is 1. The third-order valence-electron chi connectivity index (χ3n) is 4.66. The number of aryl methyl sites for hydroxylation is 3. The van der Waals surface area contributed by atoms with E-state index in [0.717, 1.165) is 26.8 Å². The van der Waals surface area contributed by atoms with E-state index in [1.165, 1.54) is 17.0 Å². The monoisotopic (exact) mass is 377 g/mol. The van der Waals surface area contributed by atoms with Gasteiger partial charge in [-0.25, -0.2) is 0 Å². The minimum absolute atomic E-state index is 0.201. The molecule has 1 N–H and O–H groups in total. The summed E-state index contributed by atoms with van der Waals surface area (Å²) in [5.41, 5.74) is 3.20. The van der Waals surface area contributed by atoms with Crippen LogP contribution in [0.4, 0.5) is 0 Å².